The minimum atomic E-state index is 0.751. The van der Waals surface area contributed by atoms with Gasteiger partial charge in [-0.1, -0.05) is 28.8 Å². The van der Waals surface area contributed by atoms with Gasteiger partial charge < -0.3 is 5.73 Å². The van der Waals surface area contributed by atoms with E-state index in [9.17, 15) is 0 Å². The van der Waals surface area contributed by atoms with Crippen molar-refractivity contribution in [2.24, 2.45) is 5.92 Å². The number of hydrogen-bond donors (Lipinski definition) is 1. The molecule has 1 fully saturated rings. The number of halogens is 1. The van der Waals surface area contributed by atoms with Gasteiger partial charge in [0, 0.05) is 22.3 Å². The number of nitrogen functional groups attached to an aromatic ring is 1. The summed E-state index contributed by atoms with van der Waals surface area (Å²) in [7, 11) is 0. The SMILES string of the molecule is Cc1c(N)cc(Br)cc1-c1nnnn1CCC1CC1. The molecular weight excluding hydrogens is 306 g/mol. The van der Waals surface area contributed by atoms with Gasteiger partial charge >= 0.3 is 0 Å². The van der Waals surface area contributed by atoms with Gasteiger partial charge in [0.15, 0.2) is 5.82 Å². The summed E-state index contributed by atoms with van der Waals surface area (Å²) < 4.78 is 2.83. The molecule has 2 N–H and O–H groups in total. The molecule has 100 valence electrons. The molecule has 0 saturated heterocycles. The van der Waals surface area contributed by atoms with Gasteiger partial charge in [0.2, 0.25) is 0 Å². The highest BCUT2D eigenvalue weighted by molar-refractivity contribution is 9.10. The number of anilines is 1. The summed E-state index contributed by atoms with van der Waals surface area (Å²) in [6.07, 6.45) is 3.85. The molecule has 0 atom stereocenters. The number of hydrogen-bond acceptors (Lipinski definition) is 4. The van der Waals surface area contributed by atoms with Crippen molar-refractivity contribution in [3.63, 3.8) is 0 Å². The zero-order valence-electron chi connectivity index (χ0n) is 10.8. The lowest BCUT2D eigenvalue weighted by molar-refractivity contribution is 0.535. The molecule has 19 heavy (non-hydrogen) atoms. The molecule has 1 heterocycles. The Bertz CT molecular complexity index is 603. The number of aryl methyl sites for hydroxylation is 1. The summed E-state index contributed by atoms with van der Waals surface area (Å²) in [5, 5.41) is 12.0. The first kappa shape index (κ1) is 12.6. The Labute approximate surface area is 120 Å². The highest BCUT2D eigenvalue weighted by Crippen LogP contribution is 2.34. The maximum Gasteiger partial charge on any atom is 0.182 e. The normalized spacial score (nSPS) is 14.8. The molecule has 1 aliphatic rings. The summed E-state index contributed by atoms with van der Waals surface area (Å²) in [5.74, 6) is 1.66. The smallest absolute Gasteiger partial charge is 0.182 e. The molecule has 1 aliphatic carbocycles. The molecular formula is C13H16BrN5. The minimum Gasteiger partial charge on any atom is -0.398 e. The molecule has 0 bridgehead atoms. The van der Waals surface area contributed by atoms with Gasteiger partial charge in [-0.05, 0) is 47.4 Å². The van der Waals surface area contributed by atoms with E-state index >= 15 is 0 Å². The van der Waals surface area contributed by atoms with Crippen LogP contribution in [0.2, 0.25) is 0 Å². The third-order valence-electron chi connectivity index (χ3n) is 3.63. The van der Waals surface area contributed by atoms with Crippen LogP contribution in [0.25, 0.3) is 11.4 Å². The summed E-state index contributed by atoms with van der Waals surface area (Å²) in [4.78, 5) is 0. The van der Waals surface area contributed by atoms with Gasteiger partial charge in [0.1, 0.15) is 0 Å². The average Bonchev–Trinajstić information content (AvgIpc) is 3.09. The van der Waals surface area contributed by atoms with E-state index in [2.05, 4.69) is 31.5 Å². The van der Waals surface area contributed by atoms with Crippen LogP contribution >= 0.6 is 15.9 Å². The van der Waals surface area contributed by atoms with E-state index < -0.39 is 0 Å². The van der Waals surface area contributed by atoms with E-state index in [1.54, 1.807) is 0 Å². The maximum absolute atomic E-state index is 6.00. The molecule has 0 radical (unpaired) electrons. The summed E-state index contributed by atoms with van der Waals surface area (Å²) in [6.45, 7) is 2.87. The topological polar surface area (TPSA) is 69.6 Å². The Morgan fingerprint density at radius 2 is 2.21 bits per heavy atom. The average molecular weight is 322 g/mol. The summed E-state index contributed by atoms with van der Waals surface area (Å²) in [5.41, 5.74) is 8.77. The molecule has 0 amide bonds. The molecule has 0 spiro atoms. The summed E-state index contributed by atoms with van der Waals surface area (Å²) in [6, 6.07) is 3.92. The van der Waals surface area contributed by atoms with E-state index in [4.69, 9.17) is 5.73 Å². The molecule has 0 unspecified atom stereocenters. The van der Waals surface area contributed by atoms with E-state index in [-0.39, 0.29) is 0 Å². The van der Waals surface area contributed by atoms with Crippen molar-refractivity contribution in [3.8, 4) is 11.4 Å². The van der Waals surface area contributed by atoms with Crippen molar-refractivity contribution in [1.82, 2.24) is 20.2 Å². The zero-order valence-corrected chi connectivity index (χ0v) is 12.4. The van der Waals surface area contributed by atoms with Crippen molar-refractivity contribution >= 4 is 21.6 Å². The second-order valence-corrected chi connectivity index (χ2v) is 6.04. The number of nitrogens with zero attached hydrogens (tertiary/aromatic N) is 4. The second-order valence-electron chi connectivity index (χ2n) is 5.13. The molecule has 1 aromatic heterocycles. The fourth-order valence-corrected chi connectivity index (χ4v) is 2.67. The van der Waals surface area contributed by atoms with E-state index in [1.165, 1.54) is 12.8 Å². The van der Waals surface area contributed by atoms with Crippen LogP contribution in [0.5, 0.6) is 0 Å². The van der Waals surface area contributed by atoms with Crippen LogP contribution in [0.1, 0.15) is 24.8 Å². The van der Waals surface area contributed by atoms with Gasteiger partial charge in [-0.2, -0.15) is 0 Å². The second kappa shape index (κ2) is 4.92. The maximum atomic E-state index is 6.00. The van der Waals surface area contributed by atoms with Crippen molar-refractivity contribution < 1.29 is 0 Å². The standard InChI is InChI=1S/C13H16BrN5/c1-8-11(6-10(14)7-12(8)15)13-16-17-18-19(13)5-4-9-2-3-9/h6-7,9H,2-5,15H2,1H3. The monoisotopic (exact) mass is 321 g/mol. The van der Waals surface area contributed by atoms with Crippen LogP contribution < -0.4 is 5.73 Å². The third kappa shape index (κ3) is 2.63. The van der Waals surface area contributed by atoms with Gasteiger partial charge in [0.05, 0.1) is 0 Å². The summed E-state index contributed by atoms with van der Waals surface area (Å²) >= 11 is 3.47. The molecule has 2 aromatic rings. The fourth-order valence-electron chi connectivity index (χ4n) is 2.19. The van der Waals surface area contributed by atoms with Crippen molar-refractivity contribution in [1.29, 1.82) is 0 Å². The lowest BCUT2D eigenvalue weighted by Gasteiger charge is -2.09. The fraction of sp³-hybridized carbons (Fsp3) is 0.462. The highest BCUT2D eigenvalue weighted by atomic mass is 79.9. The molecule has 1 saturated carbocycles. The van der Waals surface area contributed by atoms with Crippen molar-refractivity contribution in [2.45, 2.75) is 32.7 Å². The lowest BCUT2D eigenvalue weighted by atomic mass is 10.1. The molecule has 5 nitrogen and oxygen atoms in total. The number of nitrogens with two attached hydrogens (primary N) is 1. The molecule has 1 aromatic carbocycles. The van der Waals surface area contributed by atoms with E-state index in [0.29, 0.717) is 0 Å². The van der Waals surface area contributed by atoms with Crippen LogP contribution in [0.15, 0.2) is 16.6 Å². The third-order valence-corrected chi connectivity index (χ3v) is 4.09. The van der Waals surface area contributed by atoms with Crippen LogP contribution in [0.4, 0.5) is 5.69 Å². The first-order valence-corrected chi connectivity index (χ1v) is 7.26. The van der Waals surface area contributed by atoms with Crippen LogP contribution in [0, 0.1) is 12.8 Å². The van der Waals surface area contributed by atoms with Gasteiger partial charge in [0.25, 0.3) is 0 Å². The first-order chi connectivity index (χ1) is 9.15. The molecule has 6 heteroatoms. The molecule has 3 rings (SSSR count). The van der Waals surface area contributed by atoms with Crippen LogP contribution in [-0.4, -0.2) is 20.2 Å². The Morgan fingerprint density at radius 1 is 1.42 bits per heavy atom. The minimum absolute atomic E-state index is 0.751. The van der Waals surface area contributed by atoms with Gasteiger partial charge in [-0.25, -0.2) is 4.68 Å². The Balaban J connectivity index is 1.94. The highest BCUT2D eigenvalue weighted by Gasteiger charge is 2.22. The number of aromatic nitrogens is 4. The van der Waals surface area contributed by atoms with Crippen LogP contribution in [-0.2, 0) is 6.54 Å². The zero-order chi connectivity index (χ0) is 13.4. The van der Waals surface area contributed by atoms with Crippen molar-refractivity contribution in [2.75, 3.05) is 5.73 Å². The molecule has 0 aliphatic heterocycles. The Morgan fingerprint density at radius 3 is 2.95 bits per heavy atom. The Hall–Kier alpha value is -1.43. The van der Waals surface area contributed by atoms with E-state index in [1.807, 2.05) is 23.7 Å². The van der Waals surface area contributed by atoms with E-state index in [0.717, 1.165) is 46.0 Å². The predicted octanol–water partition coefficient (Wildman–Crippen LogP) is 2.79. The van der Waals surface area contributed by atoms with Gasteiger partial charge in [-0.3, -0.25) is 0 Å². The number of benzene rings is 1. The predicted molar refractivity (Wildman–Crippen MR) is 77.4 cm³/mol. The van der Waals surface area contributed by atoms with Crippen LogP contribution in [0.3, 0.4) is 0 Å². The Kier molecular flexibility index (Phi) is 3.26. The lowest BCUT2D eigenvalue weighted by Crippen LogP contribution is -2.05. The quantitative estimate of drug-likeness (QED) is 0.879. The largest absolute Gasteiger partial charge is 0.398 e. The number of rotatable bonds is 4. The van der Waals surface area contributed by atoms with Crippen molar-refractivity contribution in [3.05, 3.63) is 22.2 Å². The first-order valence-electron chi connectivity index (χ1n) is 6.47. The van der Waals surface area contributed by atoms with Gasteiger partial charge in [-0.15, -0.1) is 5.10 Å². The number of tetrazole rings is 1.